The van der Waals surface area contributed by atoms with Gasteiger partial charge in [-0.3, -0.25) is 0 Å². The van der Waals surface area contributed by atoms with Gasteiger partial charge in [0.2, 0.25) is 0 Å². The Morgan fingerprint density at radius 2 is 1.56 bits per heavy atom. The van der Waals surface area contributed by atoms with Gasteiger partial charge < -0.3 is 0 Å². The van der Waals surface area contributed by atoms with Crippen LogP contribution in [-0.2, 0) is 0 Å². The molecule has 1 unspecified atom stereocenters. The average molecular weight is 251 g/mol. The average Bonchev–Trinajstić information content (AvgIpc) is 2.43. The molecular weight excluding hydrogens is 236 g/mol. The van der Waals surface area contributed by atoms with Crippen molar-refractivity contribution in [2.24, 2.45) is 0 Å². The first-order valence-electron chi connectivity index (χ1n) is 6.37. The van der Waals surface area contributed by atoms with E-state index in [1.165, 1.54) is 27.1 Å². The third-order valence-corrected chi connectivity index (χ3v) is 4.09. The second-order valence-electron chi connectivity index (χ2n) is 4.66. The molecule has 1 radical (unpaired) electrons. The first-order chi connectivity index (χ1) is 8.79. The van der Waals surface area contributed by atoms with Gasteiger partial charge >= 0.3 is 0 Å². The van der Waals surface area contributed by atoms with E-state index in [0.717, 1.165) is 6.42 Å². The van der Waals surface area contributed by atoms with Crippen molar-refractivity contribution in [3.8, 4) is 0 Å². The predicted octanol–water partition coefficient (Wildman–Crippen LogP) is 5.64. The molecule has 0 bridgehead atoms. The van der Waals surface area contributed by atoms with Crippen LogP contribution in [0.5, 0.6) is 0 Å². The molecule has 3 aromatic rings. The Kier molecular flexibility index (Phi) is 3.00. The SMILES string of the molecule is CCC([S])c1cccc2cc3ccccc3cc12. The van der Waals surface area contributed by atoms with Gasteiger partial charge in [0, 0.05) is 5.25 Å². The number of rotatable bonds is 2. The highest BCUT2D eigenvalue weighted by Gasteiger charge is 2.09. The van der Waals surface area contributed by atoms with Crippen LogP contribution in [-0.4, -0.2) is 0 Å². The van der Waals surface area contributed by atoms with Crippen molar-refractivity contribution in [1.82, 2.24) is 0 Å². The second kappa shape index (κ2) is 4.66. The molecule has 0 spiro atoms. The van der Waals surface area contributed by atoms with Crippen molar-refractivity contribution < 1.29 is 0 Å². The standard InChI is InChI=1S/C17H15S/c1-2-17(18)15-9-5-8-14-10-12-6-3-4-7-13(12)11-16(14)15/h3-11,17H,2H2,1H3. The molecule has 0 saturated heterocycles. The summed E-state index contributed by atoms with van der Waals surface area (Å²) in [4.78, 5) is 0. The maximum Gasteiger partial charge on any atom is 0.0404 e. The summed E-state index contributed by atoms with van der Waals surface area (Å²) in [5, 5.41) is 5.37. The monoisotopic (exact) mass is 251 g/mol. The Balaban J connectivity index is 2.36. The maximum absolute atomic E-state index is 5.56. The fourth-order valence-corrected chi connectivity index (χ4v) is 2.70. The van der Waals surface area contributed by atoms with Crippen LogP contribution >= 0.6 is 12.6 Å². The lowest BCUT2D eigenvalue weighted by atomic mass is 9.97. The van der Waals surface area contributed by atoms with Gasteiger partial charge in [-0.1, -0.05) is 62.0 Å². The van der Waals surface area contributed by atoms with Crippen molar-refractivity contribution in [3.63, 3.8) is 0 Å². The fourth-order valence-electron chi connectivity index (χ4n) is 2.49. The molecule has 3 aromatic carbocycles. The quantitative estimate of drug-likeness (QED) is 0.517. The third-order valence-electron chi connectivity index (χ3n) is 3.50. The largest absolute Gasteiger partial charge is 0.0853 e. The van der Waals surface area contributed by atoms with Gasteiger partial charge in [0.05, 0.1) is 0 Å². The van der Waals surface area contributed by atoms with E-state index in [2.05, 4.69) is 61.5 Å². The van der Waals surface area contributed by atoms with Crippen molar-refractivity contribution in [3.05, 3.63) is 60.2 Å². The molecular formula is C17H15S. The summed E-state index contributed by atoms with van der Waals surface area (Å²) in [6, 6.07) is 19.5. The van der Waals surface area contributed by atoms with Crippen LogP contribution in [0.1, 0.15) is 24.2 Å². The Morgan fingerprint density at radius 1 is 0.889 bits per heavy atom. The molecule has 0 heterocycles. The third kappa shape index (κ3) is 1.89. The molecule has 0 aliphatic heterocycles. The van der Waals surface area contributed by atoms with Crippen molar-refractivity contribution in [2.75, 3.05) is 0 Å². The van der Waals surface area contributed by atoms with Gasteiger partial charge in [-0.2, -0.15) is 0 Å². The van der Waals surface area contributed by atoms with Gasteiger partial charge in [0.1, 0.15) is 0 Å². The van der Waals surface area contributed by atoms with Gasteiger partial charge in [-0.05, 0) is 45.7 Å². The highest BCUT2D eigenvalue weighted by molar-refractivity contribution is 7.80. The minimum Gasteiger partial charge on any atom is -0.0853 e. The van der Waals surface area contributed by atoms with Crippen LogP contribution < -0.4 is 0 Å². The summed E-state index contributed by atoms with van der Waals surface area (Å²) in [7, 11) is 0. The lowest BCUT2D eigenvalue weighted by Gasteiger charge is -2.12. The van der Waals surface area contributed by atoms with Crippen LogP contribution in [0.3, 0.4) is 0 Å². The zero-order valence-corrected chi connectivity index (χ0v) is 11.2. The molecule has 89 valence electrons. The predicted molar refractivity (Wildman–Crippen MR) is 82.1 cm³/mol. The number of fused-ring (bicyclic) bond motifs is 2. The van der Waals surface area contributed by atoms with E-state index in [1.807, 2.05) is 0 Å². The Hall–Kier alpha value is -1.47. The van der Waals surface area contributed by atoms with E-state index >= 15 is 0 Å². The molecule has 0 N–H and O–H groups in total. The van der Waals surface area contributed by atoms with Crippen LogP contribution in [0, 0.1) is 0 Å². The molecule has 0 fully saturated rings. The van der Waals surface area contributed by atoms with Crippen LogP contribution in [0.15, 0.2) is 54.6 Å². The minimum absolute atomic E-state index is 0.204. The Labute approximate surface area is 113 Å². The topological polar surface area (TPSA) is 0 Å². The summed E-state index contributed by atoms with van der Waals surface area (Å²) in [5.74, 6) is 0. The van der Waals surface area contributed by atoms with Crippen molar-refractivity contribution in [1.29, 1.82) is 0 Å². The van der Waals surface area contributed by atoms with Gasteiger partial charge in [-0.25, -0.2) is 0 Å². The van der Waals surface area contributed by atoms with E-state index in [4.69, 9.17) is 12.6 Å². The van der Waals surface area contributed by atoms with E-state index in [9.17, 15) is 0 Å². The van der Waals surface area contributed by atoms with Gasteiger partial charge in [-0.15, -0.1) is 0 Å². The lowest BCUT2D eigenvalue weighted by molar-refractivity contribution is 0.910. The summed E-state index contributed by atoms with van der Waals surface area (Å²) >= 11 is 5.56. The van der Waals surface area contributed by atoms with Gasteiger partial charge in [0.15, 0.2) is 0 Å². The van der Waals surface area contributed by atoms with Gasteiger partial charge in [0.25, 0.3) is 0 Å². The highest BCUT2D eigenvalue weighted by Crippen LogP contribution is 2.32. The molecule has 0 saturated carbocycles. The zero-order chi connectivity index (χ0) is 12.5. The smallest absolute Gasteiger partial charge is 0.0404 e. The first-order valence-corrected chi connectivity index (χ1v) is 6.84. The van der Waals surface area contributed by atoms with E-state index in [0.29, 0.717) is 0 Å². The van der Waals surface area contributed by atoms with Crippen LogP contribution in [0.25, 0.3) is 21.5 Å². The summed E-state index contributed by atoms with van der Waals surface area (Å²) in [6.45, 7) is 2.15. The zero-order valence-electron chi connectivity index (χ0n) is 10.4. The molecule has 1 atom stereocenters. The molecule has 18 heavy (non-hydrogen) atoms. The number of benzene rings is 3. The summed E-state index contributed by atoms with van der Waals surface area (Å²) in [6.07, 6.45) is 1.00. The summed E-state index contributed by atoms with van der Waals surface area (Å²) in [5.41, 5.74) is 1.29. The maximum atomic E-state index is 5.56. The van der Waals surface area contributed by atoms with Crippen molar-refractivity contribution in [2.45, 2.75) is 18.6 Å². The highest BCUT2D eigenvalue weighted by atomic mass is 32.1. The number of hydrogen-bond donors (Lipinski definition) is 0. The van der Waals surface area contributed by atoms with Crippen LogP contribution in [0.4, 0.5) is 0 Å². The van der Waals surface area contributed by atoms with Crippen molar-refractivity contribution >= 4 is 34.2 Å². The molecule has 3 rings (SSSR count). The van der Waals surface area contributed by atoms with Crippen LogP contribution in [0.2, 0.25) is 0 Å². The minimum atomic E-state index is 0.204. The Bertz CT molecular complexity index is 700. The molecule has 0 nitrogen and oxygen atoms in total. The van der Waals surface area contributed by atoms with E-state index in [1.54, 1.807) is 0 Å². The molecule has 0 aromatic heterocycles. The Morgan fingerprint density at radius 3 is 2.28 bits per heavy atom. The fraction of sp³-hybridized carbons (Fsp3) is 0.176. The molecule has 0 amide bonds. The van der Waals surface area contributed by atoms with E-state index < -0.39 is 0 Å². The summed E-state index contributed by atoms with van der Waals surface area (Å²) < 4.78 is 0. The molecule has 0 aliphatic rings. The number of hydrogen-bond acceptors (Lipinski definition) is 0. The first kappa shape index (κ1) is 11.6. The molecule has 1 heteroatoms. The second-order valence-corrected chi connectivity index (χ2v) is 5.23. The van der Waals surface area contributed by atoms with E-state index in [-0.39, 0.29) is 5.25 Å². The lowest BCUT2D eigenvalue weighted by Crippen LogP contribution is -1.90. The molecule has 0 aliphatic carbocycles. The normalized spacial score (nSPS) is 13.0.